The summed E-state index contributed by atoms with van der Waals surface area (Å²) in [4.78, 5) is 40.8. The number of carbonyl (C=O) groups is 2. The molecule has 2 aromatic rings. The second kappa shape index (κ2) is 7.98. The molecule has 2 aromatic heterocycles. The minimum absolute atomic E-state index is 0.162. The summed E-state index contributed by atoms with van der Waals surface area (Å²) in [7, 11) is 0. The second-order valence-corrected chi connectivity index (χ2v) is 7.07. The van der Waals surface area contributed by atoms with Gasteiger partial charge in [-0.05, 0) is 18.6 Å². The SMILES string of the molecule is O=C(N[C@H](CO)C(F)(F)F)c1ccc2c(n1)N(C(=O)Nc1cnccn1)C1CCN2C1. The highest BCUT2D eigenvalue weighted by Gasteiger charge is 2.42. The molecular formula is C18H18F3N7O3. The van der Waals surface area contributed by atoms with Gasteiger partial charge in [0.15, 0.2) is 11.6 Å². The van der Waals surface area contributed by atoms with Gasteiger partial charge >= 0.3 is 12.2 Å². The molecule has 4 rings (SSSR count). The van der Waals surface area contributed by atoms with Crippen LogP contribution in [0.5, 0.6) is 0 Å². The van der Waals surface area contributed by atoms with Crippen LogP contribution in [0.1, 0.15) is 16.9 Å². The Hall–Kier alpha value is -3.48. The fourth-order valence-electron chi connectivity index (χ4n) is 3.59. The molecule has 0 aromatic carbocycles. The lowest BCUT2D eigenvalue weighted by Crippen LogP contribution is -2.49. The van der Waals surface area contributed by atoms with E-state index in [1.807, 2.05) is 4.90 Å². The molecule has 1 unspecified atom stereocenters. The number of urea groups is 1. The number of aliphatic hydroxyl groups is 1. The summed E-state index contributed by atoms with van der Waals surface area (Å²) in [5.41, 5.74) is 0.287. The number of nitrogens with one attached hydrogen (secondary N) is 2. The van der Waals surface area contributed by atoms with Gasteiger partial charge in [-0.15, -0.1) is 0 Å². The lowest BCUT2D eigenvalue weighted by Gasteiger charge is -2.35. The highest BCUT2D eigenvalue weighted by atomic mass is 19.4. The van der Waals surface area contributed by atoms with Crippen LogP contribution in [0.15, 0.2) is 30.7 Å². The molecule has 0 aliphatic carbocycles. The first-order chi connectivity index (χ1) is 14.8. The molecule has 13 heteroatoms. The number of hydrogen-bond donors (Lipinski definition) is 3. The first-order valence-electron chi connectivity index (χ1n) is 9.38. The van der Waals surface area contributed by atoms with Crippen molar-refractivity contribution in [3.05, 3.63) is 36.4 Å². The van der Waals surface area contributed by atoms with Gasteiger partial charge in [0.25, 0.3) is 5.91 Å². The van der Waals surface area contributed by atoms with Crippen molar-refractivity contribution in [1.82, 2.24) is 20.3 Å². The van der Waals surface area contributed by atoms with E-state index in [1.165, 1.54) is 29.6 Å². The number of anilines is 3. The molecule has 3 N–H and O–H groups in total. The van der Waals surface area contributed by atoms with Gasteiger partial charge in [0.05, 0.1) is 24.5 Å². The maximum Gasteiger partial charge on any atom is 0.410 e. The zero-order valence-electron chi connectivity index (χ0n) is 16.0. The van der Waals surface area contributed by atoms with Gasteiger partial charge in [-0.25, -0.2) is 14.8 Å². The first kappa shape index (κ1) is 20.8. The molecule has 0 saturated carbocycles. The molecule has 4 heterocycles. The van der Waals surface area contributed by atoms with Crippen LogP contribution >= 0.6 is 0 Å². The maximum atomic E-state index is 13.0. The average molecular weight is 437 g/mol. The quantitative estimate of drug-likeness (QED) is 0.656. The molecule has 10 nitrogen and oxygen atoms in total. The Kier molecular flexibility index (Phi) is 5.35. The largest absolute Gasteiger partial charge is 0.410 e. The van der Waals surface area contributed by atoms with Gasteiger partial charge in [0, 0.05) is 25.5 Å². The Morgan fingerprint density at radius 2 is 2.10 bits per heavy atom. The third kappa shape index (κ3) is 4.08. The number of amides is 3. The summed E-state index contributed by atoms with van der Waals surface area (Å²) in [6, 6.07) is -0.356. The molecule has 2 aliphatic rings. The van der Waals surface area contributed by atoms with Gasteiger partial charge in [-0.2, -0.15) is 13.2 Å². The van der Waals surface area contributed by atoms with Gasteiger partial charge < -0.3 is 15.3 Å². The van der Waals surface area contributed by atoms with Crippen LogP contribution < -0.4 is 20.4 Å². The molecule has 1 fully saturated rings. The van der Waals surface area contributed by atoms with Crippen LogP contribution in [0, 0.1) is 0 Å². The van der Waals surface area contributed by atoms with Crippen LogP contribution in [0.2, 0.25) is 0 Å². The van der Waals surface area contributed by atoms with Crippen LogP contribution in [0.3, 0.4) is 0 Å². The maximum absolute atomic E-state index is 13.0. The predicted molar refractivity (Wildman–Crippen MR) is 103 cm³/mol. The Morgan fingerprint density at radius 1 is 1.29 bits per heavy atom. The summed E-state index contributed by atoms with van der Waals surface area (Å²) >= 11 is 0. The van der Waals surface area contributed by atoms with E-state index >= 15 is 0 Å². The van der Waals surface area contributed by atoms with Crippen molar-refractivity contribution in [1.29, 1.82) is 0 Å². The lowest BCUT2D eigenvalue weighted by molar-refractivity contribution is -0.161. The monoisotopic (exact) mass is 437 g/mol. The lowest BCUT2D eigenvalue weighted by atomic mass is 10.1. The Bertz CT molecular complexity index is 989. The number of halogens is 3. The number of fused-ring (bicyclic) bond motifs is 4. The highest BCUT2D eigenvalue weighted by molar-refractivity contribution is 6.04. The molecule has 31 heavy (non-hydrogen) atoms. The molecule has 0 spiro atoms. The number of carbonyl (C=O) groups excluding carboxylic acids is 2. The van der Waals surface area contributed by atoms with E-state index in [0.717, 1.165) is 0 Å². The summed E-state index contributed by atoms with van der Waals surface area (Å²) in [5, 5.41) is 13.3. The van der Waals surface area contributed by atoms with Gasteiger partial charge in [0.2, 0.25) is 0 Å². The molecule has 2 bridgehead atoms. The average Bonchev–Trinajstić information content (AvgIpc) is 3.15. The standard InChI is InChI=1S/C18H18F3N7O3/c19-18(20,21)13(9-29)25-16(30)11-1-2-12-15(24-11)28(10-3-6-27(12)8-10)17(31)26-14-7-22-4-5-23-14/h1-2,4-5,7,10,13,29H,3,6,8-9H2,(H,25,30)(H,23,26,31)/t10?,13-/m1/s1. The Morgan fingerprint density at radius 3 is 2.77 bits per heavy atom. The number of rotatable bonds is 4. The van der Waals surface area contributed by atoms with Crippen molar-refractivity contribution in [3.63, 3.8) is 0 Å². The van der Waals surface area contributed by atoms with Gasteiger partial charge in [-0.3, -0.25) is 20.0 Å². The van der Waals surface area contributed by atoms with E-state index in [2.05, 4.69) is 20.3 Å². The first-order valence-corrected chi connectivity index (χ1v) is 9.38. The second-order valence-electron chi connectivity index (χ2n) is 7.07. The summed E-state index contributed by atoms with van der Waals surface area (Å²) in [5.74, 6) is -0.726. The number of alkyl halides is 3. The third-order valence-corrected chi connectivity index (χ3v) is 5.08. The Labute approximate surface area is 174 Å². The number of aromatic nitrogens is 3. The van der Waals surface area contributed by atoms with Crippen LogP contribution in [-0.2, 0) is 0 Å². The van der Waals surface area contributed by atoms with E-state index in [4.69, 9.17) is 5.11 Å². The van der Waals surface area contributed by atoms with Crippen molar-refractivity contribution >= 4 is 29.3 Å². The molecule has 2 atom stereocenters. The van der Waals surface area contributed by atoms with E-state index in [0.29, 0.717) is 25.2 Å². The molecule has 1 saturated heterocycles. The van der Waals surface area contributed by atoms with E-state index in [-0.39, 0.29) is 23.4 Å². The summed E-state index contributed by atoms with van der Waals surface area (Å²) in [6.45, 7) is -0.0715. The highest BCUT2D eigenvalue weighted by Crippen LogP contribution is 2.39. The predicted octanol–water partition coefficient (Wildman–Crippen LogP) is 1.16. The summed E-state index contributed by atoms with van der Waals surface area (Å²) in [6.07, 6.45) is 0.0788. The molecule has 3 amide bonds. The van der Waals surface area contributed by atoms with Crippen LogP contribution in [0.25, 0.3) is 0 Å². The normalized spacial score (nSPS) is 18.4. The van der Waals surface area contributed by atoms with Crippen LogP contribution in [0.4, 0.5) is 35.3 Å². The molecule has 164 valence electrons. The number of nitrogens with zero attached hydrogens (tertiary/aromatic N) is 5. The Balaban J connectivity index is 1.63. The van der Waals surface area contributed by atoms with Gasteiger partial charge in [-0.1, -0.05) is 0 Å². The van der Waals surface area contributed by atoms with Crippen molar-refractivity contribution < 1.29 is 27.9 Å². The van der Waals surface area contributed by atoms with Crippen molar-refractivity contribution in [2.75, 3.05) is 34.8 Å². The van der Waals surface area contributed by atoms with E-state index in [1.54, 1.807) is 11.4 Å². The minimum Gasteiger partial charge on any atom is -0.394 e. The molecule has 2 aliphatic heterocycles. The van der Waals surface area contributed by atoms with Crippen molar-refractivity contribution in [2.45, 2.75) is 24.7 Å². The third-order valence-electron chi connectivity index (χ3n) is 5.08. The molecular weight excluding hydrogens is 419 g/mol. The fourth-order valence-corrected chi connectivity index (χ4v) is 3.59. The van der Waals surface area contributed by atoms with Gasteiger partial charge in [0.1, 0.15) is 11.7 Å². The van der Waals surface area contributed by atoms with Crippen molar-refractivity contribution in [2.24, 2.45) is 0 Å². The van der Waals surface area contributed by atoms with Crippen molar-refractivity contribution in [3.8, 4) is 0 Å². The number of pyridine rings is 1. The fraction of sp³-hybridized carbons (Fsp3) is 0.389. The zero-order chi connectivity index (χ0) is 22.2. The molecule has 0 radical (unpaired) electrons. The number of aliphatic hydroxyl groups excluding tert-OH is 1. The van der Waals surface area contributed by atoms with E-state index in [9.17, 15) is 22.8 Å². The summed E-state index contributed by atoms with van der Waals surface area (Å²) < 4.78 is 38.6. The smallest absolute Gasteiger partial charge is 0.394 e. The number of hydrogen-bond acceptors (Lipinski definition) is 7. The topological polar surface area (TPSA) is 124 Å². The minimum atomic E-state index is -4.81. The zero-order valence-corrected chi connectivity index (χ0v) is 16.0. The van der Waals surface area contributed by atoms with E-state index < -0.39 is 30.8 Å². The van der Waals surface area contributed by atoms with Crippen LogP contribution in [-0.4, -0.2) is 70.0 Å².